The maximum absolute atomic E-state index is 9.76. The van der Waals surface area contributed by atoms with E-state index in [2.05, 4.69) is 4.98 Å². The van der Waals surface area contributed by atoms with Crippen molar-refractivity contribution in [1.29, 1.82) is 0 Å². The minimum absolute atomic E-state index is 0.179. The highest BCUT2D eigenvalue weighted by atomic mass is 32.1. The fourth-order valence-corrected chi connectivity index (χ4v) is 2.48. The molecular weight excluding hydrogens is 194 g/mol. The standard InChI is InChI=1S/C11H17NOS/c1-8-7-14-11(12-8)6-10(13)5-4-9-2-3-9/h7,9-10,13H,2-6H2,1H3. The van der Waals surface area contributed by atoms with Gasteiger partial charge in [-0.05, 0) is 25.7 Å². The minimum atomic E-state index is -0.179. The average Bonchev–Trinajstić information content (AvgIpc) is 2.88. The number of hydrogen-bond donors (Lipinski definition) is 1. The van der Waals surface area contributed by atoms with E-state index in [0.717, 1.165) is 29.5 Å². The van der Waals surface area contributed by atoms with E-state index in [-0.39, 0.29) is 6.10 Å². The Labute approximate surface area is 89.0 Å². The van der Waals surface area contributed by atoms with E-state index in [4.69, 9.17) is 0 Å². The topological polar surface area (TPSA) is 33.1 Å². The molecule has 1 heterocycles. The van der Waals surface area contributed by atoms with Crippen LogP contribution in [0.5, 0.6) is 0 Å². The monoisotopic (exact) mass is 211 g/mol. The Balaban J connectivity index is 1.72. The van der Waals surface area contributed by atoms with Crippen molar-refractivity contribution in [3.8, 4) is 0 Å². The Morgan fingerprint density at radius 3 is 3.00 bits per heavy atom. The van der Waals surface area contributed by atoms with Crippen LogP contribution in [0.25, 0.3) is 0 Å². The SMILES string of the molecule is Cc1csc(CC(O)CCC2CC2)n1. The van der Waals surface area contributed by atoms with Crippen LogP contribution >= 0.6 is 11.3 Å². The molecule has 1 aromatic rings. The maximum atomic E-state index is 9.76. The summed E-state index contributed by atoms with van der Waals surface area (Å²) in [4.78, 5) is 4.35. The van der Waals surface area contributed by atoms with Crippen molar-refractivity contribution >= 4 is 11.3 Å². The van der Waals surface area contributed by atoms with Gasteiger partial charge in [0.05, 0.1) is 11.1 Å². The number of hydrogen-bond acceptors (Lipinski definition) is 3. The summed E-state index contributed by atoms with van der Waals surface area (Å²) in [7, 11) is 0. The molecule has 0 amide bonds. The van der Waals surface area contributed by atoms with Crippen LogP contribution in [0.2, 0.25) is 0 Å². The molecule has 1 saturated carbocycles. The molecule has 0 aliphatic heterocycles. The highest BCUT2D eigenvalue weighted by Crippen LogP contribution is 2.34. The normalized spacial score (nSPS) is 18.4. The molecule has 1 aromatic heterocycles. The molecular formula is C11H17NOS. The first-order valence-corrected chi connectivity index (χ1v) is 6.21. The molecule has 1 atom stereocenters. The molecule has 1 aliphatic carbocycles. The number of nitrogens with zero attached hydrogens (tertiary/aromatic N) is 1. The van der Waals surface area contributed by atoms with Gasteiger partial charge in [0, 0.05) is 17.5 Å². The van der Waals surface area contributed by atoms with Gasteiger partial charge >= 0.3 is 0 Å². The zero-order valence-electron chi connectivity index (χ0n) is 8.57. The fourth-order valence-electron chi connectivity index (χ4n) is 1.63. The lowest BCUT2D eigenvalue weighted by molar-refractivity contribution is 0.160. The second-order valence-electron chi connectivity index (χ2n) is 4.26. The Kier molecular flexibility index (Phi) is 3.19. The number of aliphatic hydroxyl groups excluding tert-OH is 1. The zero-order chi connectivity index (χ0) is 9.97. The van der Waals surface area contributed by atoms with Gasteiger partial charge in [-0.3, -0.25) is 0 Å². The van der Waals surface area contributed by atoms with E-state index < -0.39 is 0 Å². The van der Waals surface area contributed by atoms with Crippen LogP contribution < -0.4 is 0 Å². The zero-order valence-corrected chi connectivity index (χ0v) is 9.39. The van der Waals surface area contributed by atoms with Crippen LogP contribution in [-0.2, 0) is 6.42 Å². The lowest BCUT2D eigenvalue weighted by Gasteiger charge is -2.07. The lowest BCUT2D eigenvalue weighted by Crippen LogP contribution is -2.10. The lowest BCUT2D eigenvalue weighted by atomic mass is 10.1. The predicted octanol–water partition coefficient (Wildman–Crippen LogP) is 2.55. The number of rotatable bonds is 5. The van der Waals surface area contributed by atoms with Crippen LogP contribution in [0, 0.1) is 12.8 Å². The summed E-state index contributed by atoms with van der Waals surface area (Å²) >= 11 is 1.66. The molecule has 1 unspecified atom stereocenters. The molecule has 2 rings (SSSR count). The summed E-state index contributed by atoms with van der Waals surface area (Å²) in [6.07, 6.45) is 5.47. The van der Waals surface area contributed by atoms with Gasteiger partial charge in [-0.2, -0.15) is 0 Å². The van der Waals surface area contributed by atoms with Crippen LogP contribution in [-0.4, -0.2) is 16.2 Å². The Morgan fingerprint density at radius 2 is 2.43 bits per heavy atom. The second-order valence-corrected chi connectivity index (χ2v) is 5.20. The summed E-state index contributed by atoms with van der Waals surface area (Å²) < 4.78 is 0. The molecule has 0 bridgehead atoms. The first kappa shape index (κ1) is 10.1. The minimum Gasteiger partial charge on any atom is -0.393 e. The highest BCUT2D eigenvalue weighted by molar-refractivity contribution is 7.09. The largest absolute Gasteiger partial charge is 0.393 e. The third-order valence-electron chi connectivity index (χ3n) is 2.68. The quantitative estimate of drug-likeness (QED) is 0.812. The molecule has 1 fully saturated rings. The molecule has 0 aromatic carbocycles. The molecule has 3 heteroatoms. The Hall–Kier alpha value is -0.410. The summed E-state index contributed by atoms with van der Waals surface area (Å²) in [6, 6.07) is 0. The first-order chi connectivity index (χ1) is 6.74. The molecule has 78 valence electrons. The summed E-state index contributed by atoms with van der Waals surface area (Å²) in [5.41, 5.74) is 1.07. The van der Waals surface area contributed by atoms with Crippen molar-refractivity contribution < 1.29 is 5.11 Å². The number of aromatic nitrogens is 1. The number of aryl methyl sites for hydroxylation is 1. The van der Waals surface area contributed by atoms with Gasteiger partial charge in [-0.25, -0.2) is 4.98 Å². The molecule has 1 N–H and O–H groups in total. The molecule has 0 saturated heterocycles. The van der Waals surface area contributed by atoms with Crippen molar-refractivity contribution in [3.05, 3.63) is 16.1 Å². The summed E-state index contributed by atoms with van der Waals surface area (Å²) in [6.45, 7) is 2.00. The highest BCUT2D eigenvalue weighted by Gasteiger charge is 2.22. The maximum Gasteiger partial charge on any atom is 0.0953 e. The van der Waals surface area contributed by atoms with E-state index >= 15 is 0 Å². The third-order valence-corrected chi connectivity index (χ3v) is 3.67. The van der Waals surface area contributed by atoms with Crippen molar-refractivity contribution in [2.45, 2.75) is 45.1 Å². The molecule has 14 heavy (non-hydrogen) atoms. The summed E-state index contributed by atoms with van der Waals surface area (Å²) in [5, 5.41) is 12.9. The third kappa shape index (κ3) is 3.07. The van der Waals surface area contributed by atoms with Gasteiger partial charge in [0.1, 0.15) is 0 Å². The van der Waals surface area contributed by atoms with Gasteiger partial charge in [-0.1, -0.05) is 12.8 Å². The smallest absolute Gasteiger partial charge is 0.0953 e. The Bertz CT molecular complexity index is 293. The van der Waals surface area contributed by atoms with Crippen molar-refractivity contribution in [3.63, 3.8) is 0 Å². The van der Waals surface area contributed by atoms with Crippen LogP contribution in [0.15, 0.2) is 5.38 Å². The van der Waals surface area contributed by atoms with E-state index in [1.807, 2.05) is 12.3 Å². The van der Waals surface area contributed by atoms with E-state index in [0.29, 0.717) is 0 Å². The molecule has 1 aliphatic rings. The van der Waals surface area contributed by atoms with Gasteiger partial charge < -0.3 is 5.11 Å². The second kappa shape index (κ2) is 4.41. The average molecular weight is 211 g/mol. The van der Waals surface area contributed by atoms with Crippen molar-refractivity contribution in [1.82, 2.24) is 4.98 Å². The van der Waals surface area contributed by atoms with Crippen LogP contribution in [0.1, 0.15) is 36.4 Å². The van der Waals surface area contributed by atoms with E-state index in [9.17, 15) is 5.11 Å². The predicted molar refractivity (Wildman–Crippen MR) is 58.5 cm³/mol. The molecule has 2 nitrogen and oxygen atoms in total. The molecule has 0 radical (unpaired) electrons. The van der Waals surface area contributed by atoms with Crippen LogP contribution in [0.3, 0.4) is 0 Å². The summed E-state index contributed by atoms with van der Waals surface area (Å²) in [5.74, 6) is 0.919. The van der Waals surface area contributed by atoms with Gasteiger partial charge in [0.25, 0.3) is 0 Å². The number of thiazole rings is 1. The van der Waals surface area contributed by atoms with Gasteiger partial charge in [0.2, 0.25) is 0 Å². The molecule has 0 spiro atoms. The van der Waals surface area contributed by atoms with Gasteiger partial charge in [0.15, 0.2) is 0 Å². The number of aliphatic hydroxyl groups is 1. The van der Waals surface area contributed by atoms with Gasteiger partial charge in [-0.15, -0.1) is 11.3 Å². The van der Waals surface area contributed by atoms with Crippen molar-refractivity contribution in [2.75, 3.05) is 0 Å². The van der Waals surface area contributed by atoms with E-state index in [1.54, 1.807) is 11.3 Å². The fraction of sp³-hybridized carbons (Fsp3) is 0.727. The van der Waals surface area contributed by atoms with Crippen LogP contribution in [0.4, 0.5) is 0 Å². The first-order valence-electron chi connectivity index (χ1n) is 5.33. The van der Waals surface area contributed by atoms with E-state index in [1.165, 1.54) is 19.3 Å². The van der Waals surface area contributed by atoms with Crippen molar-refractivity contribution in [2.24, 2.45) is 5.92 Å². The Morgan fingerprint density at radius 1 is 1.64 bits per heavy atom.